The first kappa shape index (κ1) is 23.3. The van der Waals surface area contributed by atoms with E-state index < -0.39 is 17.9 Å². The van der Waals surface area contributed by atoms with Gasteiger partial charge in [0.15, 0.2) is 5.76 Å². The van der Waals surface area contributed by atoms with E-state index in [1.54, 1.807) is 18.5 Å². The summed E-state index contributed by atoms with van der Waals surface area (Å²) in [7, 11) is 0. The summed E-state index contributed by atoms with van der Waals surface area (Å²) in [5, 5.41) is 12.5. The fraction of sp³-hybridized carbons (Fsp3) is 0.200. The average Bonchev–Trinajstić information content (AvgIpc) is 3.22. The highest BCUT2D eigenvalue weighted by molar-refractivity contribution is 6.15. The van der Waals surface area contributed by atoms with Gasteiger partial charge >= 0.3 is 6.18 Å². The summed E-state index contributed by atoms with van der Waals surface area (Å²) in [6.07, 6.45) is 0.195. The van der Waals surface area contributed by atoms with Gasteiger partial charge in [-0.05, 0) is 29.2 Å². The summed E-state index contributed by atoms with van der Waals surface area (Å²) in [5.74, 6) is -0.911. The van der Waals surface area contributed by atoms with Gasteiger partial charge in [0.2, 0.25) is 17.6 Å². The number of anilines is 1. The smallest absolute Gasteiger partial charge is 0.437 e. The van der Waals surface area contributed by atoms with E-state index in [1.165, 1.54) is 0 Å². The minimum atomic E-state index is -4.66. The Morgan fingerprint density at radius 2 is 1.86 bits per heavy atom. The number of hydrogen-bond acceptors (Lipinski definition) is 7. The Bertz CT molecular complexity index is 1580. The molecule has 0 unspecified atom stereocenters. The molecular formula is C25H19F3N6O2. The predicted molar refractivity (Wildman–Crippen MR) is 126 cm³/mol. The lowest BCUT2D eigenvalue weighted by Gasteiger charge is -2.07. The maximum Gasteiger partial charge on any atom is 0.451 e. The van der Waals surface area contributed by atoms with Crippen molar-refractivity contribution in [2.24, 2.45) is 0 Å². The van der Waals surface area contributed by atoms with Crippen LogP contribution in [0.25, 0.3) is 33.1 Å². The first-order valence-electron chi connectivity index (χ1n) is 11.0. The third-order valence-corrected chi connectivity index (χ3v) is 5.60. The van der Waals surface area contributed by atoms with Gasteiger partial charge < -0.3 is 4.42 Å². The molecule has 0 aliphatic carbocycles. The fourth-order valence-electron chi connectivity index (χ4n) is 3.82. The Morgan fingerprint density at radius 1 is 1.08 bits per heavy atom. The molecule has 1 N–H and O–H groups in total. The maximum atomic E-state index is 12.8. The van der Waals surface area contributed by atoms with E-state index in [2.05, 4.69) is 44.3 Å². The largest absolute Gasteiger partial charge is 0.451 e. The molecule has 182 valence electrons. The van der Waals surface area contributed by atoms with E-state index in [1.807, 2.05) is 24.3 Å². The van der Waals surface area contributed by atoms with Gasteiger partial charge in [-0.15, -0.1) is 10.2 Å². The number of carbonyl (C=O) groups excluding carboxylic acids is 1. The van der Waals surface area contributed by atoms with Crippen LogP contribution in [0.5, 0.6) is 0 Å². The minimum Gasteiger partial charge on any atom is -0.437 e. The zero-order valence-electron chi connectivity index (χ0n) is 19.2. The number of alkyl halides is 3. The first-order valence-corrected chi connectivity index (χ1v) is 11.0. The molecule has 0 saturated carbocycles. The summed E-state index contributed by atoms with van der Waals surface area (Å²) in [6, 6.07) is 9.55. The second kappa shape index (κ2) is 8.99. The highest BCUT2D eigenvalue weighted by Gasteiger charge is 2.34. The molecule has 8 nitrogen and oxygen atoms in total. The van der Waals surface area contributed by atoms with Crippen LogP contribution < -0.4 is 5.32 Å². The van der Waals surface area contributed by atoms with Crippen molar-refractivity contribution in [3.8, 4) is 11.3 Å². The molecule has 0 atom stereocenters. The molecule has 5 aromatic rings. The molecular weight excluding hydrogens is 473 g/mol. The average molecular weight is 492 g/mol. The number of carbonyl (C=O) groups is 1. The highest BCUT2D eigenvalue weighted by Crippen LogP contribution is 2.39. The molecule has 4 heterocycles. The van der Waals surface area contributed by atoms with Crippen LogP contribution in [0.3, 0.4) is 0 Å². The number of benzene rings is 1. The Morgan fingerprint density at radius 3 is 2.58 bits per heavy atom. The van der Waals surface area contributed by atoms with Gasteiger partial charge in [0.05, 0.1) is 18.0 Å². The van der Waals surface area contributed by atoms with Crippen LogP contribution in [0, 0.1) is 0 Å². The maximum absolute atomic E-state index is 12.8. The topological polar surface area (TPSA) is 107 Å². The summed E-state index contributed by atoms with van der Waals surface area (Å²) in [6.45, 7) is 4.16. The zero-order valence-corrected chi connectivity index (χ0v) is 19.2. The van der Waals surface area contributed by atoms with Gasteiger partial charge in [0.25, 0.3) is 0 Å². The summed E-state index contributed by atoms with van der Waals surface area (Å²) >= 11 is 0. The number of halogens is 3. The standard InChI is InChI=1S/C25H19F3N6O2/c1-13(2)15-4-3-5-16(9-15)22-21-20(17-6-7-29-12-18(17)33-34-21)23(36-22)32-19(35)8-14-10-30-24(31-11-14)25(26,27)28/h3-7,9-13H,8H2,1-2H3,(H,32,35). The predicted octanol–water partition coefficient (Wildman–Crippen LogP) is 5.55. The Hall–Kier alpha value is -4.41. The van der Waals surface area contributed by atoms with Crippen molar-refractivity contribution in [1.82, 2.24) is 25.1 Å². The Balaban J connectivity index is 1.54. The molecule has 1 amide bonds. The van der Waals surface area contributed by atoms with Crippen molar-refractivity contribution in [1.29, 1.82) is 0 Å². The highest BCUT2D eigenvalue weighted by atomic mass is 19.4. The fourth-order valence-corrected chi connectivity index (χ4v) is 3.82. The molecule has 4 aromatic heterocycles. The van der Waals surface area contributed by atoms with Gasteiger partial charge in [0.1, 0.15) is 11.0 Å². The van der Waals surface area contributed by atoms with E-state index in [4.69, 9.17) is 4.42 Å². The van der Waals surface area contributed by atoms with Gasteiger partial charge in [0, 0.05) is 29.5 Å². The molecule has 0 aliphatic heterocycles. The van der Waals surface area contributed by atoms with Crippen molar-refractivity contribution < 1.29 is 22.4 Å². The summed E-state index contributed by atoms with van der Waals surface area (Å²) in [4.78, 5) is 23.5. The second-order valence-electron chi connectivity index (χ2n) is 8.49. The van der Waals surface area contributed by atoms with Crippen LogP contribution in [-0.4, -0.2) is 31.1 Å². The molecule has 0 radical (unpaired) electrons. The van der Waals surface area contributed by atoms with Crippen LogP contribution in [0.2, 0.25) is 0 Å². The number of nitrogens with one attached hydrogen (secondary N) is 1. The number of aromatic nitrogens is 5. The zero-order chi connectivity index (χ0) is 25.4. The van der Waals surface area contributed by atoms with Crippen LogP contribution in [-0.2, 0) is 17.4 Å². The molecule has 0 aliphatic rings. The SMILES string of the molecule is CC(C)c1cccc(-c2oc(NC(=O)Cc3cnc(C(F)(F)F)nc3)c3c2nnc2cnccc23)c1. The molecule has 0 bridgehead atoms. The van der Waals surface area contributed by atoms with Crippen LogP contribution >= 0.6 is 0 Å². The van der Waals surface area contributed by atoms with Gasteiger partial charge in [-0.1, -0.05) is 32.0 Å². The number of hydrogen-bond donors (Lipinski definition) is 1. The number of amides is 1. The lowest BCUT2D eigenvalue weighted by atomic mass is 9.99. The van der Waals surface area contributed by atoms with Crippen molar-refractivity contribution >= 4 is 33.6 Å². The van der Waals surface area contributed by atoms with Gasteiger partial charge in [-0.3, -0.25) is 15.1 Å². The molecule has 0 spiro atoms. The molecule has 36 heavy (non-hydrogen) atoms. The van der Waals surface area contributed by atoms with Gasteiger partial charge in [-0.25, -0.2) is 9.97 Å². The third kappa shape index (κ3) is 4.47. The number of furan rings is 1. The van der Waals surface area contributed by atoms with Crippen LogP contribution in [0.4, 0.5) is 19.1 Å². The van der Waals surface area contributed by atoms with E-state index in [-0.39, 0.29) is 23.8 Å². The number of fused-ring (bicyclic) bond motifs is 3. The lowest BCUT2D eigenvalue weighted by Crippen LogP contribution is -2.16. The normalized spacial score (nSPS) is 11.9. The molecule has 11 heteroatoms. The second-order valence-corrected chi connectivity index (χ2v) is 8.49. The van der Waals surface area contributed by atoms with E-state index in [9.17, 15) is 18.0 Å². The van der Waals surface area contributed by atoms with Crippen molar-refractivity contribution in [2.45, 2.75) is 32.4 Å². The monoisotopic (exact) mass is 492 g/mol. The quantitative estimate of drug-likeness (QED) is 0.343. The van der Waals surface area contributed by atoms with Crippen molar-refractivity contribution in [3.63, 3.8) is 0 Å². The van der Waals surface area contributed by atoms with Crippen LogP contribution in [0.15, 0.2) is 59.5 Å². The van der Waals surface area contributed by atoms with Gasteiger partial charge in [-0.2, -0.15) is 13.2 Å². The van der Waals surface area contributed by atoms with E-state index >= 15 is 0 Å². The third-order valence-electron chi connectivity index (χ3n) is 5.60. The lowest BCUT2D eigenvalue weighted by molar-refractivity contribution is -0.145. The Labute approximate surface area is 202 Å². The molecule has 0 saturated heterocycles. The number of rotatable bonds is 5. The van der Waals surface area contributed by atoms with Crippen molar-refractivity contribution in [3.05, 3.63) is 72.1 Å². The number of pyridine rings is 1. The van der Waals surface area contributed by atoms with Crippen molar-refractivity contribution in [2.75, 3.05) is 5.32 Å². The number of nitrogens with zero attached hydrogens (tertiary/aromatic N) is 5. The summed E-state index contributed by atoms with van der Waals surface area (Å²) < 4.78 is 44.3. The van der Waals surface area contributed by atoms with E-state index in [0.29, 0.717) is 27.6 Å². The van der Waals surface area contributed by atoms with E-state index in [0.717, 1.165) is 23.5 Å². The first-order chi connectivity index (χ1) is 17.2. The summed E-state index contributed by atoms with van der Waals surface area (Å²) in [5.41, 5.74) is 3.06. The molecule has 0 fully saturated rings. The minimum absolute atomic E-state index is 0.152. The molecule has 5 rings (SSSR count). The molecule has 1 aromatic carbocycles. The Kier molecular flexibility index (Phi) is 5.83. The van der Waals surface area contributed by atoms with Crippen LogP contribution in [0.1, 0.15) is 36.7 Å².